The largest absolute Gasteiger partial charge is 0.447 e. The molecule has 0 aromatic heterocycles. The van der Waals surface area contributed by atoms with E-state index < -0.39 is 6.09 Å². The second-order valence-electron chi connectivity index (χ2n) is 2.77. The summed E-state index contributed by atoms with van der Waals surface area (Å²) in [6.07, 6.45) is -1.05. The lowest BCUT2D eigenvalue weighted by Gasteiger charge is -2.14. The van der Waals surface area contributed by atoms with Gasteiger partial charge in [-0.1, -0.05) is 30.3 Å². The summed E-state index contributed by atoms with van der Waals surface area (Å²) in [7, 11) is 1.56. The molecule has 0 aliphatic carbocycles. The van der Waals surface area contributed by atoms with Gasteiger partial charge in [-0.2, -0.15) is 0 Å². The van der Waals surface area contributed by atoms with E-state index in [0.29, 0.717) is 0 Å². The van der Waals surface area contributed by atoms with Gasteiger partial charge in [-0.25, -0.2) is 4.79 Å². The number of hydrogen-bond donors (Lipinski definition) is 1. The molecule has 4 nitrogen and oxygen atoms in total. The third-order valence-corrected chi connectivity index (χ3v) is 1.83. The minimum absolute atomic E-state index is 0.135. The number of carbonyl (C=O) groups is 1. The zero-order valence-corrected chi connectivity index (χ0v) is 7.97. The van der Waals surface area contributed by atoms with Crippen LogP contribution >= 0.6 is 0 Å². The third kappa shape index (κ3) is 3.06. The first-order chi connectivity index (χ1) is 6.74. The Hall–Kier alpha value is -1.55. The predicted molar refractivity (Wildman–Crippen MR) is 51.7 cm³/mol. The monoisotopic (exact) mass is 195 g/mol. The van der Waals surface area contributed by atoms with Gasteiger partial charge >= 0.3 is 6.09 Å². The van der Waals surface area contributed by atoms with Crippen LogP contribution in [0.2, 0.25) is 0 Å². The molecule has 4 heteroatoms. The summed E-state index contributed by atoms with van der Waals surface area (Å²) >= 11 is 0. The average molecular weight is 195 g/mol. The Bertz CT molecular complexity index is 287. The van der Waals surface area contributed by atoms with E-state index >= 15 is 0 Å². The van der Waals surface area contributed by atoms with E-state index in [2.05, 4.69) is 4.74 Å². The molecule has 1 rings (SSSR count). The van der Waals surface area contributed by atoms with Crippen molar-refractivity contribution in [2.24, 2.45) is 5.73 Å². The van der Waals surface area contributed by atoms with E-state index in [0.717, 1.165) is 5.56 Å². The van der Waals surface area contributed by atoms with Crippen LogP contribution in [0.3, 0.4) is 0 Å². The number of methoxy groups -OCH3 is 1. The van der Waals surface area contributed by atoms with Crippen LogP contribution < -0.4 is 5.73 Å². The third-order valence-electron chi connectivity index (χ3n) is 1.83. The smallest absolute Gasteiger partial charge is 0.404 e. The predicted octanol–water partition coefficient (Wildman–Crippen LogP) is 1.47. The van der Waals surface area contributed by atoms with Gasteiger partial charge in [0.15, 0.2) is 0 Å². The van der Waals surface area contributed by atoms with Crippen LogP contribution in [0.25, 0.3) is 0 Å². The van der Waals surface area contributed by atoms with Gasteiger partial charge < -0.3 is 15.2 Å². The molecule has 1 atom stereocenters. The SMILES string of the molecule is COC(COC(N)=O)c1ccccc1. The number of nitrogens with two attached hydrogens (primary N) is 1. The van der Waals surface area contributed by atoms with Gasteiger partial charge in [0.25, 0.3) is 0 Å². The van der Waals surface area contributed by atoms with E-state index in [1.54, 1.807) is 7.11 Å². The van der Waals surface area contributed by atoms with Crippen molar-refractivity contribution in [3.63, 3.8) is 0 Å². The van der Waals surface area contributed by atoms with Gasteiger partial charge in [0.1, 0.15) is 12.7 Å². The lowest BCUT2D eigenvalue weighted by molar-refractivity contribution is 0.0373. The zero-order chi connectivity index (χ0) is 10.4. The van der Waals surface area contributed by atoms with E-state index in [9.17, 15) is 4.79 Å². The van der Waals surface area contributed by atoms with Crippen LogP contribution in [0.5, 0.6) is 0 Å². The maximum absolute atomic E-state index is 10.4. The first-order valence-corrected chi connectivity index (χ1v) is 4.24. The highest BCUT2D eigenvalue weighted by molar-refractivity contribution is 5.64. The van der Waals surface area contributed by atoms with Gasteiger partial charge in [0.05, 0.1) is 0 Å². The molecule has 0 saturated heterocycles. The quantitative estimate of drug-likeness (QED) is 0.791. The normalized spacial score (nSPS) is 12.1. The lowest BCUT2D eigenvalue weighted by Crippen LogP contribution is -2.18. The summed E-state index contributed by atoms with van der Waals surface area (Å²) in [6.45, 7) is 0.135. The number of primary amides is 1. The highest BCUT2D eigenvalue weighted by atomic mass is 16.6. The van der Waals surface area contributed by atoms with Crippen LogP contribution in [0, 0.1) is 0 Å². The van der Waals surface area contributed by atoms with Gasteiger partial charge in [0.2, 0.25) is 0 Å². The maximum Gasteiger partial charge on any atom is 0.404 e. The maximum atomic E-state index is 10.4. The molecule has 0 fully saturated rings. The number of rotatable bonds is 4. The van der Waals surface area contributed by atoms with Crippen LogP contribution in [0.1, 0.15) is 11.7 Å². The van der Waals surface area contributed by atoms with Crippen molar-refractivity contribution >= 4 is 6.09 Å². The molecule has 0 spiro atoms. The Morgan fingerprint density at radius 3 is 2.57 bits per heavy atom. The van der Waals surface area contributed by atoms with Crippen molar-refractivity contribution < 1.29 is 14.3 Å². The molecule has 1 unspecified atom stereocenters. The summed E-state index contributed by atoms with van der Waals surface area (Å²) in [4.78, 5) is 10.4. The number of amides is 1. The fraction of sp³-hybridized carbons (Fsp3) is 0.300. The van der Waals surface area contributed by atoms with E-state index in [1.807, 2.05) is 30.3 Å². The van der Waals surface area contributed by atoms with E-state index in [-0.39, 0.29) is 12.7 Å². The molecule has 0 aliphatic rings. The average Bonchev–Trinajstić information content (AvgIpc) is 2.20. The van der Waals surface area contributed by atoms with Crippen LogP contribution in [0.15, 0.2) is 30.3 Å². The Kier molecular flexibility index (Phi) is 3.94. The number of carbonyl (C=O) groups excluding carboxylic acids is 1. The van der Waals surface area contributed by atoms with E-state index in [1.165, 1.54) is 0 Å². The molecule has 0 aliphatic heterocycles. The molecule has 0 radical (unpaired) electrons. The Balaban J connectivity index is 2.58. The second-order valence-corrected chi connectivity index (χ2v) is 2.77. The molecular weight excluding hydrogens is 182 g/mol. The standard InChI is InChI=1S/C10H13NO3/c1-13-9(7-14-10(11)12)8-5-3-2-4-6-8/h2-6,9H,7H2,1H3,(H2,11,12). The van der Waals surface area contributed by atoms with Crippen molar-refractivity contribution in [2.75, 3.05) is 13.7 Å². The molecule has 0 saturated carbocycles. The summed E-state index contributed by atoms with van der Waals surface area (Å²) in [5.74, 6) is 0. The number of hydrogen-bond acceptors (Lipinski definition) is 3. The summed E-state index contributed by atoms with van der Waals surface area (Å²) in [5.41, 5.74) is 5.81. The molecule has 14 heavy (non-hydrogen) atoms. The van der Waals surface area contributed by atoms with Crippen molar-refractivity contribution in [3.05, 3.63) is 35.9 Å². The minimum atomic E-state index is -0.789. The zero-order valence-electron chi connectivity index (χ0n) is 7.97. The van der Waals surface area contributed by atoms with Crippen molar-refractivity contribution in [2.45, 2.75) is 6.10 Å². The molecule has 1 amide bonds. The molecule has 0 bridgehead atoms. The topological polar surface area (TPSA) is 61.6 Å². The number of ether oxygens (including phenoxy) is 2. The fourth-order valence-corrected chi connectivity index (χ4v) is 1.13. The Labute approximate surface area is 82.6 Å². The highest BCUT2D eigenvalue weighted by Gasteiger charge is 2.11. The molecule has 1 aromatic rings. The summed E-state index contributed by atoms with van der Waals surface area (Å²) in [6, 6.07) is 9.50. The summed E-state index contributed by atoms with van der Waals surface area (Å²) < 4.78 is 9.82. The van der Waals surface area contributed by atoms with Crippen molar-refractivity contribution in [3.8, 4) is 0 Å². The van der Waals surface area contributed by atoms with Crippen LogP contribution in [0.4, 0.5) is 4.79 Å². The van der Waals surface area contributed by atoms with Gasteiger partial charge in [-0.05, 0) is 5.56 Å². The van der Waals surface area contributed by atoms with Crippen LogP contribution in [-0.4, -0.2) is 19.8 Å². The molecule has 0 heterocycles. The van der Waals surface area contributed by atoms with E-state index in [4.69, 9.17) is 10.5 Å². The first-order valence-electron chi connectivity index (χ1n) is 4.24. The van der Waals surface area contributed by atoms with Crippen LogP contribution in [-0.2, 0) is 9.47 Å². The Morgan fingerprint density at radius 2 is 2.07 bits per heavy atom. The minimum Gasteiger partial charge on any atom is -0.447 e. The molecular formula is C10H13NO3. The molecule has 2 N–H and O–H groups in total. The Morgan fingerprint density at radius 1 is 1.43 bits per heavy atom. The summed E-state index contributed by atoms with van der Waals surface area (Å²) in [5, 5.41) is 0. The second kappa shape index (κ2) is 5.24. The van der Waals surface area contributed by atoms with Gasteiger partial charge in [-0.3, -0.25) is 0 Å². The molecule has 1 aromatic carbocycles. The van der Waals surface area contributed by atoms with Crippen molar-refractivity contribution in [1.82, 2.24) is 0 Å². The van der Waals surface area contributed by atoms with Crippen molar-refractivity contribution in [1.29, 1.82) is 0 Å². The van der Waals surface area contributed by atoms with Gasteiger partial charge in [-0.15, -0.1) is 0 Å². The first kappa shape index (κ1) is 10.5. The molecule has 76 valence electrons. The highest BCUT2D eigenvalue weighted by Crippen LogP contribution is 2.15. The number of benzene rings is 1. The van der Waals surface area contributed by atoms with Gasteiger partial charge in [0, 0.05) is 7.11 Å². The fourth-order valence-electron chi connectivity index (χ4n) is 1.13. The lowest BCUT2D eigenvalue weighted by atomic mass is 10.1.